The van der Waals surface area contributed by atoms with Crippen LogP contribution in [-0.4, -0.2) is 21.6 Å². The number of hydrogen-bond donors (Lipinski definition) is 2. The zero-order valence-electron chi connectivity index (χ0n) is 17.5. The zero-order valence-corrected chi connectivity index (χ0v) is 18.2. The summed E-state index contributed by atoms with van der Waals surface area (Å²) in [4.78, 5) is 37.4. The van der Waals surface area contributed by atoms with Gasteiger partial charge in [0.1, 0.15) is 11.7 Å². The number of amides is 2. The summed E-state index contributed by atoms with van der Waals surface area (Å²) < 4.78 is 1.07. The molecule has 3 aromatic rings. The summed E-state index contributed by atoms with van der Waals surface area (Å²) in [6.07, 6.45) is 0.892. The van der Waals surface area contributed by atoms with E-state index < -0.39 is 23.4 Å². The number of hydrogen-bond acceptors (Lipinski definition) is 4. The molecular formula is C23H23ClN4O3. The van der Waals surface area contributed by atoms with Crippen LogP contribution < -0.4 is 16.2 Å². The predicted molar refractivity (Wildman–Crippen MR) is 122 cm³/mol. The first-order valence-electron chi connectivity index (χ1n) is 9.86. The van der Waals surface area contributed by atoms with Crippen molar-refractivity contribution in [2.45, 2.75) is 33.2 Å². The number of anilines is 2. The predicted octanol–water partition coefficient (Wildman–Crippen LogP) is 4.28. The van der Waals surface area contributed by atoms with Crippen LogP contribution in [0.3, 0.4) is 0 Å². The number of rotatable bonds is 6. The first kappa shape index (κ1) is 22.2. The Morgan fingerprint density at radius 3 is 2.35 bits per heavy atom. The highest BCUT2D eigenvalue weighted by Crippen LogP contribution is 2.23. The second-order valence-electron chi connectivity index (χ2n) is 7.07. The molecule has 0 bridgehead atoms. The molecule has 160 valence electrons. The molecule has 0 fully saturated rings. The molecule has 1 atom stereocenters. The summed E-state index contributed by atoms with van der Waals surface area (Å²) in [7, 11) is 0. The summed E-state index contributed by atoms with van der Waals surface area (Å²) in [5.74, 6) is -0.856. The van der Waals surface area contributed by atoms with Crippen molar-refractivity contribution in [2.24, 2.45) is 0 Å². The molecule has 0 aliphatic carbocycles. The van der Waals surface area contributed by atoms with E-state index in [2.05, 4.69) is 22.7 Å². The van der Waals surface area contributed by atoms with Crippen molar-refractivity contribution in [2.75, 3.05) is 10.6 Å². The van der Waals surface area contributed by atoms with Gasteiger partial charge >= 0.3 is 0 Å². The van der Waals surface area contributed by atoms with Crippen LogP contribution in [0.25, 0.3) is 11.3 Å². The Balaban J connectivity index is 2.02. The average Bonchev–Trinajstić information content (AvgIpc) is 2.76. The first-order valence-corrected chi connectivity index (χ1v) is 10.2. The number of aromatic nitrogens is 2. The number of nitrogens with zero attached hydrogens (tertiary/aromatic N) is 2. The molecule has 1 heterocycles. The molecule has 7 nitrogen and oxygen atoms in total. The minimum Gasteiger partial charge on any atom is -0.323 e. The van der Waals surface area contributed by atoms with Crippen LogP contribution >= 0.6 is 11.6 Å². The average molecular weight is 439 g/mol. The van der Waals surface area contributed by atoms with E-state index >= 15 is 0 Å². The van der Waals surface area contributed by atoms with Gasteiger partial charge in [0.05, 0.1) is 16.4 Å². The largest absolute Gasteiger partial charge is 0.323 e. The summed E-state index contributed by atoms with van der Waals surface area (Å²) in [5.41, 5.74) is 2.29. The van der Waals surface area contributed by atoms with Gasteiger partial charge in [-0.2, -0.15) is 5.10 Å². The number of aryl methyl sites for hydroxylation is 1. The summed E-state index contributed by atoms with van der Waals surface area (Å²) >= 11 is 6.12. The minimum atomic E-state index is -0.953. The van der Waals surface area contributed by atoms with E-state index in [0.29, 0.717) is 16.4 Å². The highest BCUT2D eigenvalue weighted by molar-refractivity contribution is 6.33. The fourth-order valence-electron chi connectivity index (χ4n) is 3.02. The second-order valence-corrected chi connectivity index (χ2v) is 7.48. The van der Waals surface area contributed by atoms with Gasteiger partial charge < -0.3 is 10.6 Å². The van der Waals surface area contributed by atoms with Crippen molar-refractivity contribution in [1.82, 2.24) is 9.78 Å². The molecule has 0 aliphatic rings. The van der Waals surface area contributed by atoms with E-state index in [0.717, 1.165) is 22.2 Å². The molecule has 0 saturated carbocycles. The number of carbonyl (C=O) groups excluding carboxylic acids is 2. The summed E-state index contributed by atoms with van der Waals surface area (Å²) in [5, 5.41) is 10.0. The van der Waals surface area contributed by atoms with Crippen molar-refractivity contribution in [1.29, 1.82) is 0 Å². The van der Waals surface area contributed by atoms with Gasteiger partial charge in [0.2, 0.25) is 11.8 Å². The molecule has 2 amide bonds. The molecule has 0 spiro atoms. The van der Waals surface area contributed by atoms with Crippen LogP contribution in [0.2, 0.25) is 5.02 Å². The smallest absolute Gasteiger partial charge is 0.291 e. The maximum atomic E-state index is 12.9. The van der Waals surface area contributed by atoms with Gasteiger partial charge in [-0.1, -0.05) is 54.9 Å². The van der Waals surface area contributed by atoms with Crippen molar-refractivity contribution in [3.8, 4) is 11.3 Å². The highest BCUT2D eigenvalue weighted by Gasteiger charge is 2.21. The van der Waals surface area contributed by atoms with Crippen molar-refractivity contribution >= 4 is 34.8 Å². The molecule has 1 aromatic heterocycles. The number of para-hydroxylation sites is 1. The molecule has 8 heteroatoms. The van der Waals surface area contributed by atoms with Gasteiger partial charge in [-0.15, -0.1) is 0 Å². The van der Waals surface area contributed by atoms with Gasteiger partial charge in [-0.05, 0) is 37.1 Å². The van der Waals surface area contributed by atoms with E-state index in [9.17, 15) is 14.4 Å². The molecule has 0 radical (unpaired) electrons. The minimum absolute atomic E-state index is 0.0504. The second kappa shape index (κ2) is 9.57. The molecule has 3 rings (SSSR count). The van der Waals surface area contributed by atoms with Crippen molar-refractivity contribution in [3.05, 3.63) is 75.5 Å². The van der Waals surface area contributed by atoms with Crippen LogP contribution in [-0.2, 0) is 16.0 Å². The molecule has 0 unspecified atom stereocenters. The Kier molecular flexibility index (Phi) is 6.87. The third-order valence-corrected chi connectivity index (χ3v) is 5.11. The summed E-state index contributed by atoms with van der Waals surface area (Å²) in [6.45, 7) is 4.93. The maximum absolute atomic E-state index is 12.9. The summed E-state index contributed by atoms with van der Waals surface area (Å²) in [6, 6.07) is 15.1. The third-order valence-electron chi connectivity index (χ3n) is 4.78. The fourth-order valence-corrected chi connectivity index (χ4v) is 3.20. The monoisotopic (exact) mass is 438 g/mol. The Morgan fingerprint density at radius 1 is 1.06 bits per heavy atom. The lowest BCUT2D eigenvalue weighted by atomic mass is 10.1. The van der Waals surface area contributed by atoms with E-state index in [1.807, 2.05) is 24.3 Å². The van der Waals surface area contributed by atoms with Crippen LogP contribution in [0.4, 0.5) is 11.4 Å². The van der Waals surface area contributed by atoms with Crippen molar-refractivity contribution < 1.29 is 9.59 Å². The lowest BCUT2D eigenvalue weighted by Gasteiger charge is -2.17. The Hall–Kier alpha value is -3.45. The van der Waals surface area contributed by atoms with Gasteiger partial charge in [0.15, 0.2) is 0 Å². The lowest BCUT2D eigenvalue weighted by molar-refractivity contribution is -0.119. The maximum Gasteiger partial charge on any atom is 0.291 e. The highest BCUT2D eigenvalue weighted by atomic mass is 35.5. The zero-order chi connectivity index (χ0) is 22.5. The molecule has 0 aliphatic heterocycles. The van der Waals surface area contributed by atoms with Gasteiger partial charge in [-0.3, -0.25) is 14.4 Å². The molecular weight excluding hydrogens is 416 g/mol. The third kappa shape index (κ3) is 5.19. The lowest BCUT2D eigenvalue weighted by Crippen LogP contribution is -2.35. The van der Waals surface area contributed by atoms with E-state index in [-0.39, 0.29) is 5.69 Å². The number of halogens is 1. The van der Waals surface area contributed by atoms with Gasteiger partial charge in [0, 0.05) is 12.5 Å². The topological polar surface area (TPSA) is 93.1 Å². The number of nitrogens with one attached hydrogen (secondary N) is 2. The number of benzene rings is 2. The van der Waals surface area contributed by atoms with E-state index in [1.165, 1.54) is 13.0 Å². The van der Waals surface area contributed by atoms with E-state index in [1.54, 1.807) is 31.2 Å². The molecule has 31 heavy (non-hydrogen) atoms. The Morgan fingerprint density at radius 2 is 1.74 bits per heavy atom. The fraction of sp³-hybridized carbons (Fsp3) is 0.217. The molecule has 2 N–H and O–H groups in total. The quantitative estimate of drug-likeness (QED) is 0.600. The number of carbonyl (C=O) groups is 2. The molecule has 0 saturated heterocycles. The first-order chi connectivity index (χ1) is 14.8. The van der Waals surface area contributed by atoms with Crippen LogP contribution in [0.15, 0.2) is 59.4 Å². The van der Waals surface area contributed by atoms with Gasteiger partial charge in [-0.25, -0.2) is 4.68 Å². The van der Waals surface area contributed by atoms with E-state index in [4.69, 9.17) is 11.6 Å². The van der Waals surface area contributed by atoms with Crippen molar-refractivity contribution in [3.63, 3.8) is 0 Å². The van der Waals surface area contributed by atoms with Gasteiger partial charge in [0.25, 0.3) is 5.56 Å². The Labute approximate surface area is 185 Å². The Bertz CT molecular complexity index is 1170. The van der Waals surface area contributed by atoms with Crippen LogP contribution in [0.5, 0.6) is 0 Å². The standard InChI is InChI=1S/C23H23ClN4O3/c1-4-16-9-11-17(12-10-16)20-13-21(25-15(3)29)23(31)28(27-20)14(2)22(30)26-19-8-6-5-7-18(19)24/h5-14H,4H2,1-3H3,(H,25,29)(H,26,30)/t14-/m0/s1. The van der Waals surface area contributed by atoms with Crippen LogP contribution in [0, 0.1) is 0 Å². The van der Waals surface area contributed by atoms with Crippen LogP contribution in [0.1, 0.15) is 32.4 Å². The molecule has 2 aromatic carbocycles. The normalized spacial score (nSPS) is 11.6. The SMILES string of the molecule is CCc1ccc(-c2cc(NC(C)=O)c(=O)n([C@@H](C)C(=O)Nc3ccccc3Cl)n2)cc1.